The van der Waals surface area contributed by atoms with E-state index in [1.807, 2.05) is 25.1 Å². The number of halogens is 2. The van der Waals surface area contributed by atoms with Crippen LogP contribution in [0.5, 0.6) is 17.2 Å². The molecule has 0 radical (unpaired) electrons. The van der Waals surface area contributed by atoms with Crippen molar-refractivity contribution in [1.29, 1.82) is 0 Å². The van der Waals surface area contributed by atoms with Crippen molar-refractivity contribution in [2.24, 2.45) is 4.99 Å². The van der Waals surface area contributed by atoms with Crippen LogP contribution < -0.4 is 24.8 Å². The average Bonchev–Trinajstić information content (AvgIpc) is 2.75. The number of hydrogen-bond acceptors (Lipinski definition) is 5. The smallest absolute Gasteiger partial charge is 0.387 e. The number of hydrogen-bond donors (Lipinski definition) is 2. The topological polar surface area (TPSA) is 73.3 Å². The van der Waals surface area contributed by atoms with Crippen LogP contribution in [0.3, 0.4) is 0 Å². The van der Waals surface area contributed by atoms with E-state index in [1.54, 1.807) is 26.3 Å². The Morgan fingerprint density at radius 2 is 1.74 bits per heavy atom. The molecule has 0 aliphatic heterocycles. The summed E-state index contributed by atoms with van der Waals surface area (Å²) in [5.74, 6) is 1.56. The van der Waals surface area contributed by atoms with Gasteiger partial charge in [-0.2, -0.15) is 8.78 Å². The third-order valence-electron chi connectivity index (χ3n) is 4.34. The Bertz CT molecular complexity index is 863. The Kier molecular flexibility index (Phi) is 9.83. The lowest BCUT2D eigenvalue weighted by Gasteiger charge is -2.16. The minimum atomic E-state index is -2.93. The van der Waals surface area contributed by atoms with E-state index in [0.717, 1.165) is 22.4 Å². The predicted molar refractivity (Wildman–Crippen MR) is 115 cm³/mol. The fourth-order valence-electron chi connectivity index (χ4n) is 2.78. The van der Waals surface area contributed by atoms with Crippen molar-refractivity contribution in [3.8, 4) is 17.2 Å². The highest BCUT2D eigenvalue weighted by Gasteiger charge is 2.12. The molecule has 2 aromatic rings. The van der Waals surface area contributed by atoms with E-state index in [2.05, 4.69) is 20.4 Å². The zero-order valence-electron chi connectivity index (χ0n) is 18.2. The highest BCUT2D eigenvalue weighted by Crippen LogP contribution is 2.29. The van der Waals surface area contributed by atoms with E-state index < -0.39 is 6.61 Å². The molecule has 0 aromatic heterocycles. The molecule has 0 spiro atoms. The van der Waals surface area contributed by atoms with Gasteiger partial charge in [-0.1, -0.05) is 18.2 Å². The quantitative estimate of drug-likeness (QED) is 0.319. The van der Waals surface area contributed by atoms with Crippen molar-refractivity contribution < 1.29 is 27.7 Å². The molecule has 7 nitrogen and oxygen atoms in total. The van der Waals surface area contributed by atoms with Gasteiger partial charge in [0.25, 0.3) is 0 Å². The molecule has 31 heavy (non-hydrogen) atoms. The fraction of sp³-hybridized carbons (Fsp3) is 0.409. The van der Waals surface area contributed by atoms with Crippen LogP contribution in [0.25, 0.3) is 0 Å². The van der Waals surface area contributed by atoms with Crippen LogP contribution in [-0.2, 0) is 17.8 Å². The fourth-order valence-corrected chi connectivity index (χ4v) is 2.78. The Morgan fingerprint density at radius 3 is 2.42 bits per heavy atom. The summed E-state index contributed by atoms with van der Waals surface area (Å²) in [6, 6.07) is 10.8. The lowest BCUT2D eigenvalue weighted by atomic mass is 10.1. The SMILES string of the molecule is CN=C(NCc1ccc(OC)c(OC(F)F)c1)NCc1ccc(C)cc1OCCOC. The van der Waals surface area contributed by atoms with Gasteiger partial charge in [-0.3, -0.25) is 4.99 Å². The second-order valence-electron chi connectivity index (χ2n) is 6.60. The van der Waals surface area contributed by atoms with E-state index in [4.69, 9.17) is 14.2 Å². The third-order valence-corrected chi connectivity index (χ3v) is 4.34. The summed E-state index contributed by atoms with van der Waals surface area (Å²) in [6.45, 7) is 0.881. The van der Waals surface area contributed by atoms with Gasteiger partial charge in [-0.05, 0) is 36.2 Å². The molecule has 0 bridgehead atoms. The molecule has 0 aliphatic rings. The molecule has 9 heteroatoms. The van der Waals surface area contributed by atoms with Crippen LogP contribution in [-0.4, -0.2) is 47.1 Å². The van der Waals surface area contributed by atoms with E-state index in [-0.39, 0.29) is 11.5 Å². The van der Waals surface area contributed by atoms with Gasteiger partial charge in [0.1, 0.15) is 12.4 Å². The average molecular weight is 437 g/mol. The molecule has 0 amide bonds. The summed E-state index contributed by atoms with van der Waals surface area (Å²) in [5.41, 5.74) is 2.81. The first-order chi connectivity index (χ1) is 15.0. The van der Waals surface area contributed by atoms with Crippen molar-refractivity contribution in [2.45, 2.75) is 26.6 Å². The first-order valence-corrected chi connectivity index (χ1v) is 9.74. The lowest BCUT2D eigenvalue weighted by molar-refractivity contribution is -0.0512. The van der Waals surface area contributed by atoms with E-state index >= 15 is 0 Å². The number of nitrogens with one attached hydrogen (secondary N) is 2. The number of guanidine groups is 1. The number of methoxy groups -OCH3 is 2. The minimum absolute atomic E-state index is 0.0164. The zero-order chi connectivity index (χ0) is 22.6. The number of aliphatic imine (C=N–C) groups is 1. The molecule has 0 fully saturated rings. The highest BCUT2D eigenvalue weighted by molar-refractivity contribution is 5.79. The van der Waals surface area contributed by atoms with Crippen LogP contribution in [0.15, 0.2) is 41.4 Å². The van der Waals surface area contributed by atoms with Gasteiger partial charge >= 0.3 is 6.61 Å². The largest absolute Gasteiger partial charge is 0.493 e. The molecule has 0 unspecified atom stereocenters. The number of ether oxygens (including phenoxy) is 4. The minimum Gasteiger partial charge on any atom is -0.493 e. The number of aryl methyl sites for hydroxylation is 1. The second-order valence-corrected chi connectivity index (χ2v) is 6.60. The van der Waals surface area contributed by atoms with Gasteiger partial charge in [0.05, 0.1) is 13.7 Å². The Morgan fingerprint density at radius 1 is 0.968 bits per heavy atom. The lowest BCUT2D eigenvalue weighted by Crippen LogP contribution is -2.36. The highest BCUT2D eigenvalue weighted by atomic mass is 19.3. The molecule has 0 atom stereocenters. The molecule has 2 rings (SSSR count). The maximum Gasteiger partial charge on any atom is 0.387 e. The van der Waals surface area contributed by atoms with Crippen molar-refractivity contribution in [3.05, 3.63) is 53.1 Å². The van der Waals surface area contributed by atoms with Crippen LogP contribution >= 0.6 is 0 Å². The van der Waals surface area contributed by atoms with Crippen molar-refractivity contribution in [2.75, 3.05) is 34.5 Å². The summed E-state index contributed by atoms with van der Waals surface area (Å²) >= 11 is 0. The number of nitrogens with zero attached hydrogens (tertiary/aromatic N) is 1. The van der Waals surface area contributed by atoms with Gasteiger partial charge in [0, 0.05) is 32.8 Å². The number of rotatable bonds is 11. The van der Waals surface area contributed by atoms with Gasteiger partial charge in [-0.25, -0.2) is 0 Å². The molecule has 0 heterocycles. The molecule has 0 aliphatic carbocycles. The summed E-state index contributed by atoms with van der Waals surface area (Å²) in [5, 5.41) is 6.38. The normalized spacial score (nSPS) is 11.4. The Balaban J connectivity index is 1.98. The third kappa shape index (κ3) is 7.93. The molecule has 0 saturated heterocycles. The summed E-state index contributed by atoms with van der Waals surface area (Å²) in [7, 11) is 4.68. The summed E-state index contributed by atoms with van der Waals surface area (Å²) < 4.78 is 45.7. The van der Waals surface area contributed by atoms with Crippen molar-refractivity contribution >= 4 is 5.96 Å². The van der Waals surface area contributed by atoms with Crippen LogP contribution in [0, 0.1) is 6.92 Å². The predicted octanol–water partition coefficient (Wildman–Crippen LogP) is 3.50. The van der Waals surface area contributed by atoms with Gasteiger partial charge in [0.2, 0.25) is 0 Å². The first kappa shape index (κ1) is 24.2. The van der Waals surface area contributed by atoms with Crippen LogP contribution in [0.2, 0.25) is 0 Å². The maximum absolute atomic E-state index is 12.6. The summed E-state index contributed by atoms with van der Waals surface area (Å²) in [4.78, 5) is 4.20. The van der Waals surface area contributed by atoms with Crippen molar-refractivity contribution in [3.63, 3.8) is 0 Å². The molecular formula is C22H29F2N3O4. The van der Waals surface area contributed by atoms with Gasteiger partial charge in [0.15, 0.2) is 17.5 Å². The maximum atomic E-state index is 12.6. The molecule has 0 saturated carbocycles. The van der Waals surface area contributed by atoms with Crippen molar-refractivity contribution in [1.82, 2.24) is 10.6 Å². The molecular weight excluding hydrogens is 408 g/mol. The molecule has 2 N–H and O–H groups in total. The Labute approximate surface area is 181 Å². The monoisotopic (exact) mass is 437 g/mol. The molecule has 2 aromatic carbocycles. The van der Waals surface area contributed by atoms with Crippen LogP contribution in [0.4, 0.5) is 8.78 Å². The Hall–Kier alpha value is -3.07. The first-order valence-electron chi connectivity index (χ1n) is 9.74. The summed E-state index contributed by atoms with van der Waals surface area (Å²) in [6.07, 6.45) is 0. The van der Waals surface area contributed by atoms with E-state index in [1.165, 1.54) is 13.2 Å². The zero-order valence-corrected chi connectivity index (χ0v) is 18.2. The van der Waals surface area contributed by atoms with E-state index in [9.17, 15) is 8.78 Å². The second kappa shape index (κ2) is 12.6. The standard InChI is InChI=1S/C22H29F2N3O4/c1-15-5-7-17(19(11-15)30-10-9-28-3)14-27-22(25-2)26-13-16-6-8-18(29-4)20(12-16)31-21(23)24/h5-8,11-12,21H,9-10,13-14H2,1-4H3,(H2,25,26,27). The number of benzene rings is 2. The van der Waals surface area contributed by atoms with Gasteiger partial charge in [-0.15, -0.1) is 0 Å². The van der Waals surface area contributed by atoms with Crippen LogP contribution in [0.1, 0.15) is 16.7 Å². The number of alkyl halides is 2. The molecule has 170 valence electrons. The van der Waals surface area contributed by atoms with Gasteiger partial charge < -0.3 is 29.6 Å². The van der Waals surface area contributed by atoms with E-state index in [0.29, 0.717) is 32.3 Å².